The van der Waals surface area contributed by atoms with E-state index in [2.05, 4.69) is 9.88 Å². The monoisotopic (exact) mass is 251 g/mol. The summed E-state index contributed by atoms with van der Waals surface area (Å²) in [6.07, 6.45) is 2.04. The van der Waals surface area contributed by atoms with Crippen molar-refractivity contribution in [1.82, 2.24) is 4.98 Å². The van der Waals surface area contributed by atoms with Gasteiger partial charge in [0.15, 0.2) is 0 Å². The van der Waals surface area contributed by atoms with E-state index in [0.29, 0.717) is 0 Å². The molecule has 2 unspecified atom stereocenters. The van der Waals surface area contributed by atoms with Crippen LogP contribution in [-0.4, -0.2) is 44.5 Å². The highest BCUT2D eigenvalue weighted by Crippen LogP contribution is 2.22. The molecule has 1 aromatic heterocycles. The fourth-order valence-corrected chi connectivity index (χ4v) is 2.24. The molecule has 0 saturated carbocycles. The largest absolute Gasteiger partial charge is 0.377 e. The molecule has 5 nitrogen and oxygen atoms in total. The van der Waals surface area contributed by atoms with Crippen LogP contribution in [0.1, 0.15) is 18.5 Å². The van der Waals surface area contributed by atoms with Gasteiger partial charge in [-0.2, -0.15) is 0 Å². The maximum atomic E-state index is 5.81. The van der Waals surface area contributed by atoms with E-state index in [1.807, 2.05) is 25.3 Å². The Balaban J connectivity index is 2.08. The zero-order chi connectivity index (χ0) is 13.1. The molecule has 1 fully saturated rings. The molecule has 0 bridgehead atoms. The van der Waals surface area contributed by atoms with E-state index in [1.54, 1.807) is 14.2 Å². The molecule has 2 rings (SSSR count). The minimum atomic E-state index is 0.0172. The van der Waals surface area contributed by atoms with Crippen LogP contribution in [0.5, 0.6) is 0 Å². The molecule has 1 aliphatic heterocycles. The van der Waals surface area contributed by atoms with Crippen molar-refractivity contribution in [2.45, 2.75) is 25.2 Å². The fraction of sp³-hybridized carbons (Fsp3) is 0.615. The van der Waals surface area contributed by atoms with E-state index in [9.17, 15) is 0 Å². The molecular weight excluding hydrogens is 230 g/mol. The molecule has 100 valence electrons. The maximum absolute atomic E-state index is 5.81. The first-order valence-corrected chi connectivity index (χ1v) is 6.17. The number of nitrogens with two attached hydrogens (primary N) is 1. The summed E-state index contributed by atoms with van der Waals surface area (Å²) in [4.78, 5) is 6.63. The van der Waals surface area contributed by atoms with Crippen LogP contribution < -0.4 is 10.6 Å². The number of anilines is 1. The molecule has 0 amide bonds. The molecule has 0 spiro atoms. The molecule has 1 aliphatic rings. The summed E-state index contributed by atoms with van der Waals surface area (Å²) in [5.74, 6) is 0.945. The maximum Gasteiger partial charge on any atom is 0.128 e. The minimum Gasteiger partial charge on any atom is -0.377 e. The summed E-state index contributed by atoms with van der Waals surface area (Å²) < 4.78 is 10.8. The van der Waals surface area contributed by atoms with E-state index < -0.39 is 0 Å². The number of pyridine rings is 1. The van der Waals surface area contributed by atoms with Gasteiger partial charge in [-0.15, -0.1) is 0 Å². The Kier molecular flexibility index (Phi) is 4.16. The zero-order valence-electron chi connectivity index (χ0n) is 11.2. The smallest absolute Gasteiger partial charge is 0.128 e. The van der Waals surface area contributed by atoms with Gasteiger partial charge in [0.05, 0.1) is 0 Å². The lowest BCUT2D eigenvalue weighted by Gasteiger charge is -2.17. The van der Waals surface area contributed by atoms with Crippen LogP contribution in [0.2, 0.25) is 0 Å². The highest BCUT2D eigenvalue weighted by atomic mass is 16.5. The van der Waals surface area contributed by atoms with Gasteiger partial charge in [0.25, 0.3) is 0 Å². The Morgan fingerprint density at radius 1 is 1.28 bits per heavy atom. The van der Waals surface area contributed by atoms with Gasteiger partial charge in [-0.05, 0) is 18.6 Å². The van der Waals surface area contributed by atoms with Crippen molar-refractivity contribution in [3.63, 3.8) is 0 Å². The van der Waals surface area contributed by atoms with Crippen LogP contribution in [0.3, 0.4) is 0 Å². The summed E-state index contributed by atoms with van der Waals surface area (Å²) in [5.41, 5.74) is 6.86. The third kappa shape index (κ3) is 2.63. The second-order valence-electron chi connectivity index (χ2n) is 4.69. The van der Waals surface area contributed by atoms with Crippen LogP contribution in [0.15, 0.2) is 18.3 Å². The second kappa shape index (κ2) is 5.65. The van der Waals surface area contributed by atoms with E-state index in [-0.39, 0.29) is 18.2 Å². The van der Waals surface area contributed by atoms with Gasteiger partial charge in [0, 0.05) is 39.5 Å². The predicted molar refractivity (Wildman–Crippen MR) is 70.6 cm³/mol. The minimum absolute atomic E-state index is 0.0172. The first kappa shape index (κ1) is 13.3. The summed E-state index contributed by atoms with van der Waals surface area (Å²) in [6.45, 7) is 3.56. The van der Waals surface area contributed by atoms with Gasteiger partial charge < -0.3 is 20.1 Å². The van der Waals surface area contributed by atoms with E-state index in [4.69, 9.17) is 15.2 Å². The van der Waals surface area contributed by atoms with Crippen molar-refractivity contribution >= 4 is 5.82 Å². The number of ether oxygens (including phenoxy) is 2. The first-order chi connectivity index (χ1) is 8.65. The van der Waals surface area contributed by atoms with E-state index in [0.717, 1.165) is 24.5 Å². The number of hydrogen-bond acceptors (Lipinski definition) is 5. The average molecular weight is 251 g/mol. The van der Waals surface area contributed by atoms with Crippen molar-refractivity contribution in [1.29, 1.82) is 0 Å². The molecule has 1 aromatic rings. The Morgan fingerprint density at radius 2 is 1.89 bits per heavy atom. The standard InChI is InChI=1S/C13H21N3O2/c1-9(14)10-4-5-13(15-6-10)16-7-11(17-2)12(8-16)18-3/h4-6,9,11-12H,7-8,14H2,1-3H3/t9-,11?,12?/m0/s1. The summed E-state index contributed by atoms with van der Waals surface area (Å²) >= 11 is 0. The van der Waals surface area contributed by atoms with Gasteiger partial charge in [0.2, 0.25) is 0 Å². The van der Waals surface area contributed by atoms with Gasteiger partial charge >= 0.3 is 0 Å². The van der Waals surface area contributed by atoms with Crippen LogP contribution >= 0.6 is 0 Å². The quantitative estimate of drug-likeness (QED) is 0.863. The van der Waals surface area contributed by atoms with Gasteiger partial charge in [-0.1, -0.05) is 6.07 Å². The van der Waals surface area contributed by atoms with Crippen molar-refractivity contribution < 1.29 is 9.47 Å². The third-order valence-electron chi connectivity index (χ3n) is 3.44. The molecule has 2 N–H and O–H groups in total. The third-order valence-corrected chi connectivity index (χ3v) is 3.44. The van der Waals surface area contributed by atoms with Gasteiger partial charge in [-0.25, -0.2) is 4.98 Å². The van der Waals surface area contributed by atoms with Crippen LogP contribution in [-0.2, 0) is 9.47 Å². The first-order valence-electron chi connectivity index (χ1n) is 6.17. The average Bonchev–Trinajstić information content (AvgIpc) is 2.82. The predicted octanol–water partition coefficient (Wildman–Crippen LogP) is 0.951. The van der Waals surface area contributed by atoms with Crippen LogP contribution in [0, 0.1) is 0 Å². The highest BCUT2D eigenvalue weighted by Gasteiger charge is 2.33. The number of hydrogen-bond donors (Lipinski definition) is 1. The topological polar surface area (TPSA) is 60.6 Å². The van der Waals surface area contributed by atoms with Crippen LogP contribution in [0.4, 0.5) is 5.82 Å². The Bertz CT molecular complexity index is 368. The Hall–Kier alpha value is -1.17. The molecule has 18 heavy (non-hydrogen) atoms. The molecule has 0 aliphatic carbocycles. The lowest BCUT2D eigenvalue weighted by molar-refractivity contribution is -0.00461. The number of rotatable bonds is 4. The summed E-state index contributed by atoms with van der Waals surface area (Å²) in [6, 6.07) is 4.04. The molecule has 2 heterocycles. The number of nitrogens with zero attached hydrogens (tertiary/aromatic N) is 2. The summed E-state index contributed by atoms with van der Waals surface area (Å²) in [7, 11) is 3.43. The molecule has 0 aromatic carbocycles. The van der Waals surface area contributed by atoms with Crippen LogP contribution in [0.25, 0.3) is 0 Å². The molecule has 0 radical (unpaired) electrons. The van der Waals surface area contributed by atoms with Crippen molar-refractivity contribution in [2.24, 2.45) is 5.73 Å². The molecule has 5 heteroatoms. The van der Waals surface area contributed by atoms with E-state index >= 15 is 0 Å². The normalized spacial score (nSPS) is 25.4. The van der Waals surface area contributed by atoms with Gasteiger partial charge in [0.1, 0.15) is 18.0 Å². The van der Waals surface area contributed by atoms with Crippen molar-refractivity contribution in [3.8, 4) is 0 Å². The highest BCUT2D eigenvalue weighted by molar-refractivity contribution is 5.42. The second-order valence-corrected chi connectivity index (χ2v) is 4.69. The lowest BCUT2D eigenvalue weighted by Crippen LogP contribution is -2.27. The summed E-state index contributed by atoms with van der Waals surface area (Å²) in [5, 5.41) is 0. The van der Waals surface area contributed by atoms with Crippen molar-refractivity contribution in [2.75, 3.05) is 32.2 Å². The molecule has 3 atom stereocenters. The Labute approximate surface area is 108 Å². The number of aromatic nitrogens is 1. The lowest BCUT2D eigenvalue weighted by atomic mass is 10.1. The molecular formula is C13H21N3O2. The zero-order valence-corrected chi connectivity index (χ0v) is 11.2. The van der Waals surface area contributed by atoms with Crippen molar-refractivity contribution in [3.05, 3.63) is 23.9 Å². The Morgan fingerprint density at radius 3 is 2.28 bits per heavy atom. The molecule has 1 saturated heterocycles. The van der Waals surface area contributed by atoms with E-state index in [1.165, 1.54) is 0 Å². The number of methoxy groups -OCH3 is 2. The van der Waals surface area contributed by atoms with Gasteiger partial charge in [-0.3, -0.25) is 0 Å². The fourth-order valence-electron chi connectivity index (χ4n) is 2.24. The SMILES string of the molecule is COC1CN(c2ccc([C@H](C)N)cn2)CC1OC.